The molecular weight excluding hydrogens is 508 g/mol. The van der Waals surface area contributed by atoms with E-state index in [-0.39, 0.29) is 47.6 Å². The van der Waals surface area contributed by atoms with Crippen molar-refractivity contribution in [2.24, 2.45) is 11.8 Å². The van der Waals surface area contributed by atoms with Crippen molar-refractivity contribution in [1.82, 2.24) is 0 Å². The molecule has 0 aromatic heterocycles. The van der Waals surface area contributed by atoms with E-state index in [2.05, 4.69) is 0 Å². The number of aliphatic hydroxyl groups is 1. The highest BCUT2D eigenvalue weighted by Gasteiger charge is 2.81. The third kappa shape index (κ3) is 3.37. The SMILES string of the molecule is CC(C)=CCc1c2c(c(O)c3c1O[C@]14C(=C[C@@H]5C[C@H]1C(C)(C)O[C@@]4(C/C=C(\C)CO)C5=O)C3=O)C=CC(C)(C)O2. The molecule has 7 heteroatoms. The van der Waals surface area contributed by atoms with E-state index in [1.54, 1.807) is 13.0 Å². The van der Waals surface area contributed by atoms with Gasteiger partial charge in [0.05, 0.1) is 17.8 Å². The predicted molar refractivity (Wildman–Crippen MR) is 151 cm³/mol. The Morgan fingerprint density at radius 1 is 1.07 bits per heavy atom. The van der Waals surface area contributed by atoms with E-state index < -0.39 is 28.3 Å². The van der Waals surface area contributed by atoms with Crippen LogP contribution in [0, 0.1) is 11.8 Å². The van der Waals surface area contributed by atoms with Crippen LogP contribution >= 0.6 is 0 Å². The highest BCUT2D eigenvalue weighted by atomic mass is 16.6. The van der Waals surface area contributed by atoms with Crippen molar-refractivity contribution >= 4 is 17.6 Å². The molecule has 3 aliphatic heterocycles. The molecule has 0 radical (unpaired) electrons. The fourth-order valence-corrected chi connectivity index (χ4v) is 7.44. The summed E-state index contributed by atoms with van der Waals surface area (Å²) in [5.41, 5.74) is -0.823. The number of ether oxygens (including phenoxy) is 3. The number of phenolic OH excluding ortho intramolecular Hbond substituents is 1. The van der Waals surface area contributed by atoms with Crippen LogP contribution in [-0.2, 0) is 16.0 Å². The molecule has 0 amide bonds. The van der Waals surface area contributed by atoms with Gasteiger partial charge in [-0.1, -0.05) is 29.4 Å². The number of hydrogen-bond donors (Lipinski definition) is 2. The van der Waals surface area contributed by atoms with Gasteiger partial charge in [-0.3, -0.25) is 9.59 Å². The zero-order chi connectivity index (χ0) is 29.0. The highest BCUT2D eigenvalue weighted by molar-refractivity contribution is 6.19. The predicted octanol–water partition coefficient (Wildman–Crippen LogP) is 5.42. The van der Waals surface area contributed by atoms with Gasteiger partial charge in [0, 0.05) is 29.4 Å². The second kappa shape index (κ2) is 8.43. The number of allylic oxidation sites excluding steroid dienone is 3. The van der Waals surface area contributed by atoms with E-state index in [0.717, 1.165) is 5.57 Å². The Labute approximate surface area is 235 Å². The number of rotatable bonds is 5. The molecule has 4 bridgehead atoms. The van der Waals surface area contributed by atoms with Crippen molar-refractivity contribution < 1.29 is 34.0 Å². The number of carbonyl (C=O) groups excluding carboxylic acids is 2. The van der Waals surface area contributed by atoms with E-state index >= 15 is 0 Å². The summed E-state index contributed by atoms with van der Waals surface area (Å²) < 4.78 is 20.2. The molecule has 6 aliphatic rings. The van der Waals surface area contributed by atoms with Gasteiger partial charge in [-0.15, -0.1) is 0 Å². The van der Waals surface area contributed by atoms with Gasteiger partial charge < -0.3 is 24.4 Å². The van der Waals surface area contributed by atoms with Gasteiger partial charge in [0.2, 0.25) is 0 Å². The lowest BCUT2D eigenvalue weighted by Gasteiger charge is -2.56. The van der Waals surface area contributed by atoms with Crippen LogP contribution in [0.3, 0.4) is 0 Å². The second-order valence-electron chi connectivity index (χ2n) is 13.2. The lowest BCUT2D eigenvalue weighted by atomic mass is 9.51. The molecule has 7 rings (SSSR count). The smallest absolute Gasteiger partial charge is 0.200 e. The molecule has 1 saturated carbocycles. The van der Waals surface area contributed by atoms with Crippen molar-refractivity contribution in [2.45, 2.75) is 90.1 Å². The first-order valence-corrected chi connectivity index (χ1v) is 14.1. The van der Waals surface area contributed by atoms with Gasteiger partial charge in [0.1, 0.15) is 28.4 Å². The Kier molecular flexibility index (Phi) is 5.70. The molecule has 212 valence electrons. The quantitative estimate of drug-likeness (QED) is 0.476. The number of fused-ring (bicyclic) bond motifs is 2. The summed E-state index contributed by atoms with van der Waals surface area (Å²) in [6, 6.07) is 0. The van der Waals surface area contributed by atoms with Crippen molar-refractivity contribution in [3.63, 3.8) is 0 Å². The van der Waals surface area contributed by atoms with Gasteiger partial charge >= 0.3 is 0 Å². The summed E-state index contributed by atoms with van der Waals surface area (Å²) in [5.74, 6) is -0.661. The third-order valence-electron chi connectivity index (χ3n) is 9.32. The van der Waals surface area contributed by atoms with Crippen LogP contribution < -0.4 is 9.47 Å². The van der Waals surface area contributed by atoms with E-state index in [1.807, 2.05) is 65.8 Å². The Morgan fingerprint density at radius 3 is 2.48 bits per heavy atom. The Bertz CT molecular complexity index is 1480. The maximum Gasteiger partial charge on any atom is 0.200 e. The number of benzene rings is 1. The van der Waals surface area contributed by atoms with Crippen molar-refractivity contribution in [1.29, 1.82) is 0 Å². The van der Waals surface area contributed by atoms with E-state index in [1.165, 1.54) is 0 Å². The Hall–Kier alpha value is -3.16. The largest absolute Gasteiger partial charge is 0.506 e. The van der Waals surface area contributed by atoms with E-state index in [4.69, 9.17) is 14.2 Å². The second-order valence-corrected chi connectivity index (χ2v) is 13.2. The average Bonchev–Trinajstić information content (AvgIpc) is 3.03. The molecule has 1 aromatic rings. The van der Waals surface area contributed by atoms with Crippen LogP contribution in [0.1, 0.15) is 82.8 Å². The van der Waals surface area contributed by atoms with Crippen LogP contribution in [0.15, 0.2) is 41.0 Å². The average molecular weight is 547 g/mol. The highest BCUT2D eigenvalue weighted by Crippen LogP contribution is 2.68. The molecule has 7 nitrogen and oxygen atoms in total. The van der Waals surface area contributed by atoms with E-state index in [0.29, 0.717) is 40.9 Å². The van der Waals surface area contributed by atoms with Gasteiger partial charge in [-0.05, 0) is 73.5 Å². The molecule has 4 atom stereocenters. The minimum absolute atomic E-state index is 0.107. The molecule has 1 saturated heterocycles. The fraction of sp³-hybridized carbons (Fsp3) is 0.515. The summed E-state index contributed by atoms with van der Waals surface area (Å²) in [6.07, 6.45) is 10.4. The summed E-state index contributed by atoms with van der Waals surface area (Å²) in [7, 11) is 0. The fourth-order valence-electron chi connectivity index (χ4n) is 7.44. The number of aliphatic hydroxyl groups excluding tert-OH is 1. The van der Waals surface area contributed by atoms with E-state index in [9.17, 15) is 19.8 Å². The maximum absolute atomic E-state index is 14.5. The summed E-state index contributed by atoms with van der Waals surface area (Å²) in [6.45, 7) is 13.4. The van der Waals surface area contributed by atoms with Gasteiger partial charge in [0.15, 0.2) is 22.8 Å². The number of aromatic hydroxyl groups is 1. The number of ketones is 2. The standard InChI is InChI=1S/C33H38O7/c1-17(2)8-9-21-27-20(11-12-30(4,5)38-27)25(35)24-26(36)22-14-19-15-23-31(6,7)40-32(29(19)37,13-10-18(3)16-34)33(22,23)39-28(21)24/h8,10-12,14,19,23,34-35H,9,13,15-16H2,1-7H3/b18-10+/t19-,23+,32+,33-/m1/s1. The zero-order valence-corrected chi connectivity index (χ0v) is 24.3. The van der Waals surface area contributed by atoms with Gasteiger partial charge in [-0.2, -0.15) is 0 Å². The first-order chi connectivity index (χ1) is 18.7. The topological polar surface area (TPSA) is 102 Å². The Balaban J connectivity index is 1.66. The molecule has 3 aliphatic carbocycles. The summed E-state index contributed by atoms with van der Waals surface area (Å²) >= 11 is 0. The van der Waals surface area contributed by atoms with Gasteiger partial charge in [-0.25, -0.2) is 0 Å². The number of phenols is 1. The van der Waals surface area contributed by atoms with Crippen molar-refractivity contribution in [3.8, 4) is 17.2 Å². The van der Waals surface area contributed by atoms with Gasteiger partial charge in [0.25, 0.3) is 0 Å². The normalized spacial score (nSPS) is 32.0. The zero-order valence-electron chi connectivity index (χ0n) is 24.3. The van der Waals surface area contributed by atoms with Crippen LogP contribution in [0.5, 0.6) is 17.2 Å². The van der Waals surface area contributed by atoms with Crippen LogP contribution in [0.4, 0.5) is 0 Å². The number of hydrogen-bond acceptors (Lipinski definition) is 7. The third-order valence-corrected chi connectivity index (χ3v) is 9.32. The Morgan fingerprint density at radius 2 is 1.80 bits per heavy atom. The molecule has 1 aromatic carbocycles. The maximum atomic E-state index is 14.5. The minimum Gasteiger partial charge on any atom is -0.506 e. The van der Waals surface area contributed by atoms with Crippen LogP contribution in [0.25, 0.3) is 6.08 Å². The molecular formula is C33H38O7. The number of carbonyl (C=O) groups is 2. The monoisotopic (exact) mass is 546 g/mol. The summed E-state index contributed by atoms with van der Waals surface area (Å²) in [4.78, 5) is 28.7. The van der Waals surface area contributed by atoms with Crippen LogP contribution in [0.2, 0.25) is 0 Å². The summed E-state index contributed by atoms with van der Waals surface area (Å²) in [5, 5.41) is 21.3. The van der Waals surface area contributed by atoms with Crippen molar-refractivity contribution in [3.05, 3.63) is 57.7 Å². The molecule has 1 spiro atoms. The molecule has 40 heavy (non-hydrogen) atoms. The first kappa shape index (κ1) is 27.0. The van der Waals surface area contributed by atoms with Crippen LogP contribution in [-0.4, -0.2) is 50.8 Å². The minimum atomic E-state index is -1.45. The molecule has 2 fully saturated rings. The molecule has 2 N–H and O–H groups in total. The lowest BCUT2D eigenvalue weighted by molar-refractivity contribution is -0.171. The molecule has 0 unspecified atom stereocenters. The number of Topliss-reactive ketones (excluding diaryl/α,β-unsaturated/α-hetero) is 2. The molecule has 3 heterocycles. The van der Waals surface area contributed by atoms with Crippen molar-refractivity contribution in [2.75, 3.05) is 6.61 Å². The lowest BCUT2D eigenvalue weighted by Crippen LogP contribution is -2.72. The first-order valence-electron chi connectivity index (χ1n) is 14.1.